The van der Waals surface area contributed by atoms with Crippen molar-refractivity contribution >= 4 is 16.9 Å². The van der Waals surface area contributed by atoms with Crippen molar-refractivity contribution in [3.05, 3.63) is 54.0 Å². The van der Waals surface area contributed by atoms with Gasteiger partial charge in [-0.15, -0.1) is 0 Å². The summed E-state index contributed by atoms with van der Waals surface area (Å²) in [5.41, 5.74) is 3.04. The van der Waals surface area contributed by atoms with E-state index in [4.69, 9.17) is 4.42 Å². The minimum atomic E-state index is 0.839. The lowest BCUT2D eigenvalue weighted by atomic mass is 10.2. The zero-order chi connectivity index (χ0) is 15.6. The highest BCUT2D eigenvalue weighted by Gasteiger charge is 2.20. The van der Waals surface area contributed by atoms with Crippen LogP contribution in [0.25, 0.3) is 11.1 Å². The van der Waals surface area contributed by atoms with Gasteiger partial charge in [-0.1, -0.05) is 6.07 Å². The molecule has 3 aromatic heterocycles. The highest BCUT2D eigenvalue weighted by molar-refractivity contribution is 5.72. The molecule has 0 aromatic carbocycles. The van der Waals surface area contributed by atoms with E-state index >= 15 is 0 Å². The quantitative estimate of drug-likeness (QED) is 0.744. The Hall–Kier alpha value is -2.40. The minimum Gasteiger partial charge on any atom is -0.458 e. The normalized spacial score (nSPS) is 16.1. The molecule has 0 unspecified atom stereocenters. The van der Waals surface area contributed by atoms with Crippen LogP contribution in [0.5, 0.6) is 0 Å². The van der Waals surface area contributed by atoms with Crippen LogP contribution >= 0.6 is 0 Å². The molecule has 1 aliphatic rings. The third-order valence-corrected chi connectivity index (χ3v) is 4.37. The monoisotopic (exact) mass is 308 g/mol. The van der Waals surface area contributed by atoms with Crippen molar-refractivity contribution in [2.75, 3.05) is 31.1 Å². The van der Waals surface area contributed by atoms with Crippen molar-refractivity contribution in [3.8, 4) is 0 Å². The Morgan fingerprint density at radius 2 is 1.83 bits per heavy atom. The molecule has 5 nitrogen and oxygen atoms in total. The van der Waals surface area contributed by atoms with Gasteiger partial charge in [-0.25, -0.2) is 4.98 Å². The number of piperazine rings is 1. The summed E-state index contributed by atoms with van der Waals surface area (Å²) in [6.45, 7) is 6.98. The molecular weight excluding hydrogens is 288 g/mol. The van der Waals surface area contributed by atoms with Gasteiger partial charge in [0.15, 0.2) is 5.58 Å². The average Bonchev–Trinajstić information content (AvgIpc) is 2.98. The second kappa shape index (κ2) is 6.01. The van der Waals surface area contributed by atoms with Crippen LogP contribution in [0.2, 0.25) is 0 Å². The Labute approximate surface area is 135 Å². The van der Waals surface area contributed by atoms with E-state index < -0.39 is 0 Å². The lowest BCUT2D eigenvalue weighted by molar-refractivity contribution is 0.232. The first kappa shape index (κ1) is 14.2. The van der Waals surface area contributed by atoms with E-state index in [1.54, 1.807) is 6.20 Å². The molecule has 0 saturated carbocycles. The largest absolute Gasteiger partial charge is 0.458 e. The summed E-state index contributed by atoms with van der Waals surface area (Å²) in [6.07, 6.45) is 3.67. The molecule has 0 radical (unpaired) electrons. The van der Waals surface area contributed by atoms with E-state index in [2.05, 4.69) is 32.8 Å². The second-order valence-corrected chi connectivity index (χ2v) is 6.01. The molecule has 0 bridgehead atoms. The topological polar surface area (TPSA) is 45.4 Å². The van der Waals surface area contributed by atoms with Crippen LogP contribution in [0, 0.1) is 6.92 Å². The number of fused-ring (bicyclic) bond motifs is 1. The summed E-state index contributed by atoms with van der Waals surface area (Å²) in [5.74, 6) is 2.10. The second-order valence-electron chi connectivity index (χ2n) is 6.01. The highest BCUT2D eigenvalue weighted by atomic mass is 16.3. The van der Waals surface area contributed by atoms with E-state index in [0.717, 1.165) is 55.4 Å². The van der Waals surface area contributed by atoms with Crippen LogP contribution in [0.1, 0.15) is 11.3 Å². The molecule has 4 rings (SSSR count). The lowest BCUT2D eigenvalue weighted by Gasteiger charge is -2.35. The van der Waals surface area contributed by atoms with E-state index in [0.29, 0.717) is 0 Å². The highest BCUT2D eigenvalue weighted by Crippen LogP contribution is 2.21. The summed E-state index contributed by atoms with van der Waals surface area (Å²) in [7, 11) is 0. The van der Waals surface area contributed by atoms with Gasteiger partial charge in [-0.05, 0) is 30.7 Å². The number of aryl methyl sites for hydroxylation is 1. The number of rotatable bonds is 3. The van der Waals surface area contributed by atoms with Gasteiger partial charge in [0, 0.05) is 44.6 Å². The Bertz CT molecular complexity index is 772. The molecule has 0 aliphatic carbocycles. The summed E-state index contributed by atoms with van der Waals surface area (Å²) in [6, 6.07) is 10.0. The van der Waals surface area contributed by atoms with Gasteiger partial charge in [0.25, 0.3) is 0 Å². The van der Waals surface area contributed by atoms with Crippen LogP contribution in [-0.2, 0) is 6.54 Å². The summed E-state index contributed by atoms with van der Waals surface area (Å²) < 4.78 is 5.87. The van der Waals surface area contributed by atoms with Gasteiger partial charge in [0.1, 0.15) is 17.1 Å². The third kappa shape index (κ3) is 2.92. The van der Waals surface area contributed by atoms with Crippen molar-refractivity contribution in [3.63, 3.8) is 0 Å². The Morgan fingerprint density at radius 3 is 2.61 bits per heavy atom. The van der Waals surface area contributed by atoms with Crippen LogP contribution in [0.3, 0.4) is 0 Å². The van der Waals surface area contributed by atoms with E-state index in [-0.39, 0.29) is 0 Å². The fraction of sp³-hybridized carbons (Fsp3) is 0.333. The lowest BCUT2D eigenvalue weighted by Crippen LogP contribution is -2.46. The predicted octanol–water partition coefficient (Wildman–Crippen LogP) is 2.85. The summed E-state index contributed by atoms with van der Waals surface area (Å²) in [4.78, 5) is 13.6. The molecular formula is C18H20N4O. The van der Waals surface area contributed by atoms with Crippen LogP contribution in [0.4, 0.5) is 5.82 Å². The molecule has 1 aliphatic heterocycles. The van der Waals surface area contributed by atoms with Crippen LogP contribution < -0.4 is 4.90 Å². The number of hydrogen-bond donors (Lipinski definition) is 0. The molecule has 0 atom stereocenters. The Balaban J connectivity index is 1.41. The van der Waals surface area contributed by atoms with Gasteiger partial charge in [-0.2, -0.15) is 0 Å². The third-order valence-electron chi connectivity index (χ3n) is 4.37. The zero-order valence-corrected chi connectivity index (χ0v) is 13.3. The Morgan fingerprint density at radius 1 is 1.04 bits per heavy atom. The van der Waals surface area contributed by atoms with Crippen molar-refractivity contribution in [1.29, 1.82) is 0 Å². The maximum atomic E-state index is 5.87. The maximum absolute atomic E-state index is 5.87. The average molecular weight is 308 g/mol. The van der Waals surface area contributed by atoms with E-state index in [9.17, 15) is 0 Å². The molecule has 1 saturated heterocycles. The van der Waals surface area contributed by atoms with Gasteiger partial charge < -0.3 is 9.32 Å². The standard InChI is InChI=1S/C18H20N4O/c1-14-4-2-7-20-18(14)22-10-8-21(9-11-22)13-15-12-16-17(23-15)5-3-6-19-16/h2-7,12H,8-11,13H2,1H3. The molecule has 1 fully saturated rings. The molecule has 118 valence electrons. The van der Waals surface area contributed by atoms with Gasteiger partial charge in [0.2, 0.25) is 0 Å². The molecule has 4 heterocycles. The molecule has 0 spiro atoms. The first-order valence-electron chi connectivity index (χ1n) is 8.02. The molecule has 5 heteroatoms. The van der Waals surface area contributed by atoms with Gasteiger partial charge >= 0.3 is 0 Å². The van der Waals surface area contributed by atoms with E-state index in [1.165, 1.54) is 5.56 Å². The smallest absolute Gasteiger partial charge is 0.152 e. The predicted molar refractivity (Wildman–Crippen MR) is 90.5 cm³/mol. The number of nitrogens with zero attached hydrogens (tertiary/aromatic N) is 4. The fourth-order valence-electron chi connectivity index (χ4n) is 3.15. The van der Waals surface area contributed by atoms with Crippen molar-refractivity contribution in [1.82, 2.24) is 14.9 Å². The zero-order valence-electron chi connectivity index (χ0n) is 13.3. The fourth-order valence-corrected chi connectivity index (χ4v) is 3.15. The number of pyridine rings is 2. The Kier molecular flexibility index (Phi) is 3.71. The first-order valence-corrected chi connectivity index (χ1v) is 8.02. The summed E-state index contributed by atoms with van der Waals surface area (Å²) >= 11 is 0. The molecule has 0 amide bonds. The molecule has 3 aromatic rings. The minimum absolute atomic E-state index is 0.839. The van der Waals surface area contributed by atoms with Crippen LogP contribution in [0.15, 0.2) is 47.1 Å². The van der Waals surface area contributed by atoms with Crippen molar-refractivity contribution in [2.45, 2.75) is 13.5 Å². The first-order chi connectivity index (χ1) is 11.3. The molecule has 23 heavy (non-hydrogen) atoms. The number of aromatic nitrogens is 2. The van der Waals surface area contributed by atoms with Crippen LogP contribution in [-0.4, -0.2) is 41.0 Å². The van der Waals surface area contributed by atoms with E-state index in [1.807, 2.05) is 30.5 Å². The SMILES string of the molecule is Cc1cccnc1N1CCN(Cc2cc3ncccc3o2)CC1. The number of furan rings is 1. The maximum Gasteiger partial charge on any atom is 0.152 e. The molecule has 0 N–H and O–H groups in total. The van der Waals surface area contributed by atoms with Crippen molar-refractivity contribution in [2.24, 2.45) is 0 Å². The summed E-state index contributed by atoms with van der Waals surface area (Å²) in [5, 5.41) is 0. The van der Waals surface area contributed by atoms with Gasteiger partial charge in [-0.3, -0.25) is 9.88 Å². The van der Waals surface area contributed by atoms with Crippen molar-refractivity contribution < 1.29 is 4.42 Å². The number of anilines is 1. The number of hydrogen-bond acceptors (Lipinski definition) is 5. The van der Waals surface area contributed by atoms with Gasteiger partial charge in [0.05, 0.1) is 6.54 Å².